The van der Waals surface area contributed by atoms with Crippen LogP contribution in [-0.4, -0.2) is 38.7 Å². The van der Waals surface area contributed by atoms with Crippen LogP contribution in [0.5, 0.6) is 0 Å². The Hall–Kier alpha value is -3.74. The molecule has 2 aromatic heterocycles. The number of carbonyl (C=O) groups excluding carboxylic acids is 1. The van der Waals surface area contributed by atoms with Gasteiger partial charge in [-0.05, 0) is 42.3 Å². The van der Waals surface area contributed by atoms with Crippen LogP contribution in [-0.2, 0) is 11.3 Å². The van der Waals surface area contributed by atoms with Crippen LogP contribution in [0.3, 0.4) is 0 Å². The molecule has 0 aliphatic carbocycles. The average molecular weight is 402 g/mol. The number of carbonyl (C=O) groups is 1. The lowest BCUT2D eigenvalue weighted by Crippen LogP contribution is -2.37. The number of H-pyrrole nitrogens is 1. The van der Waals surface area contributed by atoms with E-state index < -0.39 is 0 Å². The van der Waals surface area contributed by atoms with Crippen LogP contribution in [0.1, 0.15) is 12.0 Å². The maximum atomic E-state index is 13.4. The van der Waals surface area contributed by atoms with Crippen LogP contribution < -0.4 is 5.43 Å². The summed E-state index contributed by atoms with van der Waals surface area (Å²) >= 11 is 0. The Morgan fingerprint density at radius 2 is 2.03 bits per heavy atom. The fraction of sp³-hybridized carbons (Fsp3) is 0.174. The van der Waals surface area contributed by atoms with Gasteiger partial charge in [0, 0.05) is 41.1 Å². The lowest BCUT2D eigenvalue weighted by Gasteiger charge is -2.27. The molecule has 3 heterocycles. The number of amides is 1. The summed E-state index contributed by atoms with van der Waals surface area (Å²) in [6, 6.07) is 11.9. The zero-order valence-electron chi connectivity index (χ0n) is 16.1. The molecule has 2 aromatic carbocycles. The van der Waals surface area contributed by atoms with Crippen LogP contribution >= 0.6 is 0 Å². The molecule has 0 saturated carbocycles. The third kappa shape index (κ3) is 3.18. The number of para-hydroxylation sites is 1. The van der Waals surface area contributed by atoms with Crippen LogP contribution in [0.4, 0.5) is 4.39 Å². The molecule has 0 bridgehead atoms. The van der Waals surface area contributed by atoms with Crippen molar-refractivity contribution in [1.29, 1.82) is 0 Å². The molecule has 0 unspecified atom stereocenters. The number of rotatable bonds is 3. The third-order valence-corrected chi connectivity index (χ3v) is 5.60. The van der Waals surface area contributed by atoms with Gasteiger partial charge in [-0.3, -0.25) is 14.3 Å². The Balaban J connectivity index is 1.35. The van der Waals surface area contributed by atoms with Gasteiger partial charge in [0.25, 0.3) is 0 Å². The van der Waals surface area contributed by atoms with Crippen molar-refractivity contribution in [3.05, 3.63) is 82.5 Å². The van der Waals surface area contributed by atoms with Crippen molar-refractivity contribution in [2.75, 3.05) is 13.1 Å². The van der Waals surface area contributed by atoms with E-state index in [-0.39, 0.29) is 23.7 Å². The molecule has 5 rings (SSSR count). The van der Waals surface area contributed by atoms with E-state index in [4.69, 9.17) is 0 Å². The number of benzene rings is 2. The van der Waals surface area contributed by atoms with Gasteiger partial charge in [-0.25, -0.2) is 4.39 Å². The minimum atomic E-state index is -0.269. The Bertz CT molecular complexity index is 1370. The molecule has 1 amide bonds. The highest BCUT2D eigenvalue weighted by atomic mass is 19.1. The highest BCUT2D eigenvalue weighted by Crippen LogP contribution is 2.29. The molecule has 0 atom stereocenters. The number of halogens is 1. The topological polar surface area (TPSA) is 71.0 Å². The summed E-state index contributed by atoms with van der Waals surface area (Å²) in [5.74, 6) is -0.318. The number of hydrogen-bond acceptors (Lipinski definition) is 3. The van der Waals surface area contributed by atoms with Crippen molar-refractivity contribution in [2.24, 2.45) is 0 Å². The van der Waals surface area contributed by atoms with E-state index in [0.717, 1.165) is 22.0 Å². The van der Waals surface area contributed by atoms with E-state index in [2.05, 4.69) is 10.1 Å². The first-order chi connectivity index (χ1) is 14.6. The molecule has 7 heteroatoms. The standard InChI is InChI=1S/C23H19FN4O2/c24-16-5-6-17-19(12-25-20(17)11-16)15-7-9-27(10-8-15)23(30)14-28-21-4-2-1-3-18(21)22(29)13-26-28/h1-7,11-13,25H,8-10,14H2. The zero-order valence-corrected chi connectivity index (χ0v) is 16.1. The predicted molar refractivity (Wildman–Crippen MR) is 113 cm³/mol. The Morgan fingerprint density at radius 3 is 2.87 bits per heavy atom. The van der Waals surface area contributed by atoms with E-state index in [1.165, 1.54) is 18.3 Å². The Kier molecular flexibility index (Phi) is 4.43. The van der Waals surface area contributed by atoms with Crippen LogP contribution in [0, 0.1) is 5.82 Å². The lowest BCUT2D eigenvalue weighted by atomic mass is 9.99. The first-order valence-electron chi connectivity index (χ1n) is 9.79. The molecule has 1 N–H and O–H groups in total. The molecule has 1 aliphatic rings. The molecule has 0 spiro atoms. The number of hydrogen-bond donors (Lipinski definition) is 1. The summed E-state index contributed by atoms with van der Waals surface area (Å²) in [7, 11) is 0. The first-order valence-corrected chi connectivity index (χ1v) is 9.79. The molecule has 150 valence electrons. The third-order valence-electron chi connectivity index (χ3n) is 5.60. The molecule has 0 radical (unpaired) electrons. The van der Waals surface area contributed by atoms with E-state index in [0.29, 0.717) is 30.4 Å². The van der Waals surface area contributed by atoms with Crippen molar-refractivity contribution >= 4 is 33.3 Å². The van der Waals surface area contributed by atoms with Gasteiger partial charge in [0.15, 0.2) is 0 Å². The molecule has 0 saturated heterocycles. The summed E-state index contributed by atoms with van der Waals surface area (Å²) in [4.78, 5) is 29.7. The number of aromatic amines is 1. The van der Waals surface area contributed by atoms with E-state index in [1.807, 2.05) is 18.3 Å². The summed E-state index contributed by atoms with van der Waals surface area (Å²) in [5.41, 5.74) is 3.45. The summed E-state index contributed by atoms with van der Waals surface area (Å²) in [6.07, 6.45) is 5.91. The predicted octanol–water partition coefficient (Wildman–Crippen LogP) is 3.33. The fourth-order valence-electron chi connectivity index (χ4n) is 4.02. The van der Waals surface area contributed by atoms with E-state index in [9.17, 15) is 14.0 Å². The second kappa shape index (κ2) is 7.26. The summed E-state index contributed by atoms with van der Waals surface area (Å²) in [5, 5.41) is 5.68. The molecular formula is C23H19FN4O2. The number of fused-ring (bicyclic) bond motifs is 2. The summed E-state index contributed by atoms with van der Waals surface area (Å²) < 4.78 is 15.0. The van der Waals surface area contributed by atoms with Gasteiger partial charge in [-0.1, -0.05) is 18.2 Å². The second-order valence-corrected chi connectivity index (χ2v) is 7.39. The minimum absolute atomic E-state index is 0.0485. The van der Waals surface area contributed by atoms with Gasteiger partial charge < -0.3 is 9.88 Å². The van der Waals surface area contributed by atoms with E-state index >= 15 is 0 Å². The van der Waals surface area contributed by atoms with Crippen molar-refractivity contribution in [3.63, 3.8) is 0 Å². The van der Waals surface area contributed by atoms with Crippen LogP contribution in [0.25, 0.3) is 27.4 Å². The molecule has 30 heavy (non-hydrogen) atoms. The van der Waals surface area contributed by atoms with Crippen molar-refractivity contribution in [2.45, 2.75) is 13.0 Å². The zero-order chi connectivity index (χ0) is 20.7. The highest BCUT2D eigenvalue weighted by molar-refractivity contribution is 5.93. The fourth-order valence-corrected chi connectivity index (χ4v) is 4.02. The first kappa shape index (κ1) is 18.3. The van der Waals surface area contributed by atoms with Crippen molar-refractivity contribution in [3.8, 4) is 0 Å². The molecule has 1 aliphatic heterocycles. The normalized spacial score (nSPS) is 14.3. The summed E-state index contributed by atoms with van der Waals surface area (Å²) in [6.45, 7) is 1.17. The molecule has 4 aromatic rings. The maximum absolute atomic E-state index is 13.4. The molecular weight excluding hydrogens is 383 g/mol. The van der Waals surface area contributed by atoms with Gasteiger partial charge in [0.05, 0.1) is 11.7 Å². The quantitative estimate of drug-likeness (QED) is 0.571. The van der Waals surface area contributed by atoms with Gasteiger partial charge in [-0.15, -0.1) is 0 Å². The van der Waals surface area contributed by atoms with Crippen molar-refractivity contribution < 1.29 is 9.18 Å². The van der Waals surface area contributed by atoms with Crippen LogP contribution in [0.2, 0.25) is 0 Å². The lowest BCUT2D eigenvalue weighted by molar-refractivity contribution is -0.131. The monoisotopic (exact) mass is 402 g/mol. The smallest absolute Gasteiger partial charge is 0.244 e. The molecule has 6 nitrogen and oxygen atoms in total. The maximum Gasteiger partial charge on any atom is 0.244 e. The Labute approximate surface area is 171 Å². The molecule has 0 fully saturated rings. The van der Waals surface area contributed by atoms with Crippen molar-refractivity contribution in [1.82, 2.24) is 19.7 Å². The SMILES string of the molecule is O=C(Cn1ncc(=O)c2ccccc21)N1CC=C(c2c[nH]c3cc(F)ccc23)CC1. The minimum Gasteiger partial charge on any atom is -0.360 e. The van der Waals surface area contributed by atoms with E-state index in [1.54, 1.807) is 33.8 Å². The number of nitrogens with zero attached hydrogens (tertiary/aromatic N) is 3. The largest absolute Gasteiger partial charge is 0.360 e. The average Bonchev–Trinajstić information content (AvgIpc) is 3.19. The van der Waals surface area contributed by atoms with Gasteiger partial charge in [0.1, 0.15) is 12.4 Å². The number of aromatic nitrogens is 3. The second-order valence-electron chi connectivity index (χ2n) is 7.39. The van der Waals surface area contributed by atoms with Crippen LogP contribution in [0.15, 0.2) is 65.7 Å². The van der Waals surface area contributed by atoms with Gasteiger partial charge in [-0.2, -0.15) is 5.10 Å². The number of nitrogens with one attached hydrogen (secondary N) is 1. The Morgan fingerprint density at radius 1 is 1.17 bits per heavy atom. The van der Waals surface area contributed by atoms with Gasteiger partial charge >= 0.3 is 0 Å². The highest BCUT2D eigenvalue weighted by Gasteiger charge is 2.20. The van der Waals surface area contributed by atoms with Gasteiger partial charge in [0.2, 0.25) is 11.3 Å².